The van der Waals surface area contributed by atoms with Gasteiger partial charge in [0.05, 0.1) is 0 Å². The molecule has 0 amide bonds. The van der Waals surface area contributed by atoms with E-state index in [0.29, 0.717) is 0 Å². The fourth-order valence-electron chi connectivity index (χ4n) is 1.11. The summed E-state index contributed by atoms with van der Waals surface area (Å²) in [5.74, 6) is 0.00111. The summed E-state index contributed by atoms with van der Waals surface area (Å²) in [6.07, 6.45) is 0. The van der Waals surface area contributed by atoms with E-state index < -0.39 is 0 Å². The van der Waals surface area contributed by atoms with Gasteiger partial charge in [-0.15, -0.1) is 0 Å². The predicted octanol–water partition coefficient (Wildman–Crippen LogP) is 2.07. The topological polar surface area (TPSA) is 43.1 Å². The van der Waals surface area contributed by atoms with Crippen molar-refractivity contribution in [2.75, 3.05) is 6.54 Å². The van der Waals surface area contributed by atoms with Crippen LogP contribution < -0.4 is 0 Å². The lowest BCUT2D eigenvalue weighted by atomic mass is 10.0. The molecular weight excluding hydrogens is 154 g/mol. The second-order valence-corrected chi connectivity index (χ2v) is 2.83. The Morgan fingerprint density at radius 2 is 2.00 bits per heavy atom. The Morgan fingerprint density at radius 1 is 1.42 bits per heavy atom. The molecule has 1 rings (SSSR count). The molecule has 12 heavy (non-hydrogen) atoms. The molecule has 0 spiro atoms. The summed E-state index contributed by atoms with van der Waals surface area (Å²) in [6, 6.07) is 9.52. The fraction of sp³-hybridized carbons (Fsp3) is 0.333. The molecule has 0 unspecified atom stereocenters. The highest BCUT2D eigenvalue weighted by molar-refractivity contribution is 5.18. The van der Waals surface area contributed by atoms with Crippen molar-refractivity contribution in [2.45, 2.75) is 12.8 Å². The second kappa shape index (κ2) is 3.85. The van der Waals surface area contributed by atoms with Crippen molar-refractivity contribution in [1.29, 1.82) is 0 Å². The van der Waals surface area contributed by atoms with Crippen LogP contribution in [0.3, 0.4) is 0 Å². The van der Waals surface area contributed by atoms with Gasteiger partial charge in [0.1, 0.15) is 0 Å². The van der Waals surface area contributed by atoms with Crippen LogP contribution in [0.25, 0.3) is 0 Å². The van der Waals surface area contributed by atoms with Gasteiger partial charge in [-0.05, 0) is 5.56 Å². The Labute approximate surface area is 71.2 Å². The van der Waals surface area contributed by atoms with Crippen molar-refractivity contribution in [3.63, 3.8) is 0 Å². The summed E-state index contributed by atoms with van der Waals surface area (Å²) in [4.78, 5) is 9.91. The number of hydrogen-bond acceptors (Lipinski definition) is 2. The average Bonchev–Trinajstić information content (AvgIpc) is 2.05. The van der Waals surface area contributed by atoms with E-state index in [4.69, 9.17) is 0 Å². The highest BCUT2D eigenvalue weighted by Crippen LogP contribution is 2.13. The summed E-state index contributed by atoms with van der Waals surface area (Å²) in [5, 5.41) is 10.2. The number of rotatable bonds is 3. The largest absolute Gasteiger partial charge is 0.265 e. The van der Waals surface area contributed by atoms with Crippen LogP contribution in [-0.2, 0) is 0 Å². The standard InChI is InChI=1S/C9H11NO2/c1-8(7-10(11)12)9-5-3-2-4-6-9/h2-6,8H,7H2,1H3/t8-/m1/s1. The van der Waals surface area contributed by atoms with Crippen LogP contribution in [-0.4, -0.2) is 11.5 Å². The van der Waals surface area contributed by atoms with Gasteiger partial charge in [0.2, 0.25) is 6.54 Å². The number of nitro groups is 1. The van der Waals surface area contributed by atoms with E-state index in [2.05, 4.69) is 0 Å². The molecule has 0 saturated heterocycles. The summed E-state index contributed by atoms with van der Waals surface area (Å²) < 4.78 is 0. The molecule has 0 saturated carbocycles. The first-order valence-electron chi connectivity index (χ1n) is 3.87. The monoisotopic (exact) mass is 165 g/mol. The maximum atomic E-state index is 10.2. The number of nitrogens with zero attached hydrogens (tertiary/aromatic N) is 1. The minimum atomic E-state index is -0.280. The Morgan fingerprint density at radius 3 is 2.50 bits per heavy atom. The quantitative estimate of drug-likeness (QED) is 0.508. The second-order valence-electron chi connectivity index (χ2n) is 2.83. The maximum Gasteiger partial charge on any atom is 0.210 e. The molecule has 64 valence electrons. The third kappa shape index (κ3) is 2.34. The number of benzene rings is 1. The third-order valence-corrected chi connectivity index (χ3v) is 1.79. The average molecular weight is 165 g/mol. The lowest BCUT2D eigenvalue weighted by molar-refractivity contribution is -0.482. The van der Waals surface area contributed by atoms with Crippen molar-refractivity contribution >= 4 is 0 Å². The minimum absolute atomic E-state index is 0.00111. The lowest BCUT2D eigenvalue weighted by Crippen LogP contribution is -2.08. The van der Waals surface area contributed by atoms with Gasteiger partial charge in [0.25, 0.3) is 0 Å². The first-order valence-corrected chi connectivity index (χ1v) is 3.87. The van der Waals surface area contributed by atoms with E-state index >= 15 is 0 Å². The molecule has 0 aliphatic rings. The minimum Gasteiger partial charge on any atom is -0.265 e. The van der Waals surface area contributed by atoms with Crippen LogP contribution in [0.15, 0.2) is 30.3 Å². The highest BCUT2D eigenvalue weighted by Gasteiger charge is 2.10. The molecule has 1 atom stereocenters. The van der Waals surface area contributed by atoms with E-state index in [9.17, 15) is 10.1 Å². The maximum absolute atomic E-state index is 10.2. The van der Waals surface area contributed by atoms with Gasteiger partial charge in [0.15, 0.2) is 0 Å². The fourth-order valence-corrected chi connectivity index (χ4v) is 1.11. The van der Waals surface area contributed by atoms with Crippen LogP contribution >= 0.6 is 0 Å². The SMILES string of the molecule is C[C@H](C[N+](=O)[O-])c1ccccc1. The van der Waals surface area contributed by atoms with Crippen LogP contribution in [0.1, 0.15) is 18.4 Å². The zero-order valence-electron chi connectivity index (χ0n) is 6.93. The van der Waals surface area contributed by atoms with E-state index in [1.165, 1.54) is 0 Å². The molecule has 3 nitrogen and oxygen atoms in total. The molecule has 0 fully saturated rings. The Kier molecular flexibility index (Phi) is 2.80. The van der Waals surface area contributed by atoms with Crippen molar-refractivity contribution in [1.82, 2.24) is 0 Å². The molecule has 0 heterocycles. The summed E-state index contributed by atoms with van der Waals surface area (Å²) in [6.45, 7) is 1.86. The summed E-state index contributed by atoms with van der Waals surface area (Å²) >= 11 is 0. The molecular formula is C9H11NO2. The number of hydrogen-bond donors (Lipinski definition) is 0. The van der Waals surface area contributed by atoms with Gasteiger partial charge in [-0.3, -0.25) is 10.1 Å². The zero-order valence-corrected chi connectivity index (χ0v) is 6.93. The van der Waals surface area contributed by atoms with Gasteiger partial charge < -0.3 is 0 Å². The molecule has 0 aliphatic heterocycles. The lowest BCUT2D eigenvalue weighted by Gasteiger charge is -2.05. The third-order valence-electron chi connectivity index (χ3n) is 1.79. The smallest absolute Gasteiger partial charge is 0.210 e. The molecule has 0 bridgehead atoms. The molecule has 1 aromatic rings. The molecule has 0 radical (unpaired) electrons. The Balaban J connectivity index is 2.65. The van der Waals surface area contributed by atoms with Crippen molar-refractivity contribution < 1.29 is 4.92 Å². The molecule has 1 aromatic carbocycles. The van der Waals surface area contributed by atoms with E-state index in [0.717, 1.165) is 5.56 Å². The predicted molar refractivity (Wildman–Crippen MR) is 46.7 cm³/mol. The van der Waals surface area contributed by atoms with Crippen LogP contribution in [0.2, 0.25) is 0 Å². The van der Waals surface area contributed by atoms with Crippen molar-refractivity contribution in [3.05, 3.63) is 46.0 Å². The van der Waals surface area contributed by atoms with E-state index in [1.54, 1.807) is 0 Å². The summed E-state index contributed by atoms with van der Waals surface area (Å²) in [5.41, 5.74) is 1.02. The molecule has 0 aliphatic carbocycles. The van der Waals surface area contributed by atoms with Gasteiger partial charge in [-0.1, -0.05) is 37.3 Å². The van der Waals surface area contributed by atoms with Crippen LogP contribution in [0.4, 0.5) is 0 Å². The first kappa shape index (κ1) is 8.71. The normalized spacial score (nSPS) is 12.4. The van der Waals surface area contributed by atoms with Crippen molar-refractivity contribution in [3.8, 4) is 0 Å². The van der Waals surface area contributed by atoms with Crippen molar-refractivity contribution in [2.24, 2.45) is 0 Å². The first-order chi connectivity index (χ1) is 5.70. The molecule has 3 heteroatoms. The van der Waals surface area contributed by atoms with Crippen LogP contribution in [0.5, 0.6) is 0 Å². The Bertz CT molecular complexity index is 258. The van der Waals surface area contributed by atoms with E-state index in [1.807, 2.05) is 37.3 Å². The van der Waals surface area contributed by atoms with E-state index in [-0.39, 0.29) is 17.4 Å². The Hall–Kier alpha value is -1.38. The van der Waals surface area contributed by atoms with Crippen LogP contribution in [0, 0.1) is 10.1 Å². The molecule has 0 aromatic heterocycles. The van der Waals surface area contributed by atoms with Gasteiger partial charge >= 0.3 is 0 Å². The summed E-state index contributed by atoms with van der Waals surface area (Å²) in [7, 11) is 0. The highest BCUT2D eigenvalue weighted by atomic mass is 16.6. The molecule has 0 N–H and O–H groups in total. The zero-order chi connectivity index (χ0) is 8.97. The van der Waals surface area contributed by atoms with Gasteiger partial charge in [0, 0.05) is 10.8 Å². The van der Waals surface area contributed by atoms with Gasteiger partial charge in [-0.25, -0.2) is 0 Å². The van der Waals surface area contributed by atoms with Gasteiger partial charge in [-0.2, -0.15) is 0 Å².